The van der Waals surface area contributed by atoms with Crippen LogP contribution in [0.1, 0.15) is 25.3 Å². The van der Waals surface area contributed by atoms with Crippen LogP contribution in [-0.4, -0.2) is 54.6 Å². The van der Waals surface area contributed by atoms with Crippen LogP contribution in [-0.2, 0) is 6.54 Å². The molecule has 4 nitrogen and oxygen atoms in total. The van der Waals surface area contributed by atoms with E-state index >= 15 is 0 Å². The Balaban J connectivity index is 1.82. The molecule has 0 unspecified atom stereocenters. The maximum Gasteiger partial charge on any atom is 0.130 e. The van der Waals surface area contributed by atoms with Gasteiger partial charge >= 0.3 is 0 Å². The van der Waals surface area contributed by atoms with Crippen LogP contribution in [0.15, 0.2) is 18.3 Å². The highest BCUT2D eigenvalue weighted by Crippen LogP contribution is 2.13. The summed E-state index contributed by atoms with van der Waals surface area (Å²) in [5, 5.41) is 3.33. The average Bonchev–Trinajstić information content (AvgIpc) is 2.92. The van der Waals surface area contributed by atoms with Gasteiger partial charge in [-0.15, -0.1) is 0 Å². The molecule has 1 aliphatic rings. The third-order valence-corrected chi connectivity index (χ3v) is 3.67. The Labute approximate surface area is 116 Å². The minimum absolute atomic E-state index is 0.918. The van der Waals surface area contributed by atoms with E-state index in [1.807, 2.05) is 12.3 Å². The summed E-state index contributed by atoms with van der Waals surface area (Å²) in [5.41, 5.74) is 1.29. The number of nitrogens with zero attached hydrogens (tertiary/aromatic N) is 3. The van der Waals surface area contributed by atoms with Crippen LogP contribution in [0, 0.1) is 0 Å². The van der Waals surface area contributed by atoms with Gasteiger partial charge in [0, 0.05) is 37.9 Å². The lowest BCUT2D eigenvalue weighted by Crippen LogP contribution is -2.31. The molecule has 0 bridgehead atoms. The van der Waals surface area contributed by atoms with Gasteiger partial charge in [-0.2, -0.15) is 0 Å². The molecule has 2 rings (SSSR count). The normalized spacial score (nSPS) is 16.2. The van der Waals surface area contributed by atoms with Gasteiger partial charge in [0.1, 0.15) is 5.82 Å². The third kappa shape index (κ3) is 4.48. The Morgan fingerprint density at radius 1 is 1.37 bits per heavy atom. The molecule has 0 atom stereocenters. The first-order valence-electron chi connectivity index (χ1n) is 7.38. The fraction of sp³-hybridized carbons (Fsp3) is 0.667. The summed E-state index contributed by atoms with van der Waals surface area (Å²) < 4.78 is 0. The number of hydrogen-bond acceptors (Lipinski definition) is 4. The lowest BCUT2D eigenvalue weighted by Gasteiger charge is -2.22. The van der Waals surface area contributed by atoms with Crippen molar-refractivity contribution in [1.29, 1.82) is 0 Å². The van der Waals surface area contributed by atoms with Crippen molar-refractivity contribution in [2.45, 2.75) is 26.3 Å². The summed E-state index contributed by atoms with van der Waals surface area (Å²) in [5.74, 6) is 1.03. The first kappa shape index (κ1) is 14.3. The molecular weight excluding hydrogens is 236 g/mol. The second-order valence-electron chi connectivity index (χ2n) is 5.33. The van der Waals surface area contributed by atoms with Crippen molar-refractivity contribution in [2.24, 2.45) is 0 Å². The highest BCUT2D eigenvalue weighted by Gasteiger charge is 2.12. The molecular formula is C15H26N4. The molecule has 2 heterocycles. The lowest BCUT2D eigenvalue weighted by atomic mass is 10.2. The van der Waals surface area contributed by atoms with Gasteiger partial charge in [-0.3, -0.25) is 0 Å². The molecule has 1 aliphatic heterocycles. The van der Waals surface area contributed by atoms with Gasteiger partial charge in [-0.05, 0) is 46.0 Å². The molecule has 19 heavy (non-hydrogen) atoms. The summed E-state index contributed by atoms with van der Waals surface area (Å²) >= 11 is 0. The topological polar surface area (TPSA) is 31.4 Å². The van der Waals surface area contributed by atoms with Gasteiger partial charge in [0.05, 0.1) is 0 Å². The summed E-state index contributed by atoms with van der Waals surface area (Å²) in [6, 6.07) is 4.18. The van der Waals surface area contributed by atoms with E-state index in [1.165, 1.54) is 38.0 Å². The van der Waals surface area contributed by atoms with Gasteiger partial charge in [-0.25, -0.2) is 4.98 Å². The van der Waals surface area contributed by atoms with E-state index in [4.69, 9.17) is 0 Å². The maximum absolute atomic E-state index is 4.41. The molecule has 1 aromatic rings. The summed E-state index contributed by atoms with van der Waals surface area (Å²) in [6.45, 7) is 8.86. The van der Waals surface area contributed by atoms with Gasteiger partial charge in [0.15, 0.2) is 0 Å². The number of likely N-dealkylation sites (N-methyl/N-ethyl adjacent to an activating group) is 1. The molecule has 0 aromatic carbocycles. The van der Waals surface area contributed by atoms with Gasteiger partial charge in [0.25, 0.3) is 0 Å². The van der Waals surface area contributed by atoms with E-state index in [9.17, 15) is 0 Å². The number of nitrogens with one attached hydrogen (secondary N) is 1. The van der Waals surface area contributed by atoms with Crippen LogP contribution in [0.3, 0.4) is 0 Å². The molecule has 0 spiro atoms. The monoisotopic (exact) mass is 262 g/mol. The van der Waals surface area contributed by atoms with Crippen LogP contribution in [0.25, 0.3) is 0 Å². The molecule has 1 saturated heterocycles. The lowest BCUT2D eigenvalue weighted by molar-refractivity contribution is 0.252. The molecule has 0 amide bonds. The second-order valence-corrected chi connectivity index (χ2v) is 5.33. The Morgan fingerprint density at radius 2 is 2.16 bits per heavy atom. The van der Waals surface area contributed by atoms with Crippen LogP contribution in [0.5, 0.6) is 0 Å². The largest absolute Gasteiger partial charge is 0.370 e. The van der Waals surface area contributed by atoms with Crippen LogP contribution < -0.4 is 5.32 Å². The standard InChI is InChI=1S/C15H26N4/c1-3-16-15-14(7-6-8-17-15)13-18(2)11-12-19-9-4-5-10-19/h6-8H,3-5,9-13H2,1-2H3,(H,16,17). The number of anilines is 1. The zero-order valence-electron chi connectivity index (χ0n) is 12.2. The van der Waals surface area contributed by atoms with Gasteiger partial charge in [0.2, 0.25) is 0 Å². The summed E-state index contributed by atoms with van der Waals surface area (Å²) in [6.07, 6.45) is 4.60. The van der Waals surface area contributed by atoms with Crippen LogP contribution >= 0.6 is 0 Å². The Kier molecular flexibility index (Phi) is 5.61. The number of aromatic nitrogens is 1. The van der Waals surface area contributed by atoms with E-state index in [2.05, 4.69) is 40.1 Å². The molecule has 1 N–H and O–H groups in total. The van der Waals surface area contributed by atoms with Crippen molar-refractivity contribution < 1.29 is 0 Å². The SMILES string of the molecule is CCNc1ncccc1CN(C)CCN1CCCC1. The molecule has 0 aliphatic carbocycles. The van der Waals surface area contributed by atoms with E-state index < -0.39 is 0 Å². The van der Waals surface area contributed by atoms with Crippen molar-refractivity contribution in [1.82, 2.24) is 14.8 Å². The number of likely N-dealkylation sites (tertiary alicyclic amines) is 1. The van der Waals surface area contributed by atoms with Crippen molar-refractivity contribution in [2.75, 3.05) is 45.1 Å². The number of pyridine rings is 1. The van der Waals surface area contributed by atoms with Gasteiger partial charge < -0.3 is 15.1 Å². The van der Waals surface area contributed by atoms with E-state index in [0.29, 0.717) is 0 Å². The first-order chi connectivity index (χ1) is 9.29. The predicted octanol–water partition coefficient (Wildman–Crippen LogP) is 2.04. The van der Waals surface area contributed by atoms with E-state index in [1.54, 1.807) is 0 Å². The predicted molar refractivity (Wildman–Crippen MR) is 80.4 cm³/mol. The molecule has 106 valence electrons. The van der Waals surface area contributed by atoms with Gasteiger partial charge in [-0.1, -0.05) is 6.07 Å². The summed E-state index contributed by atoms with van der Waals surface area (Å²) in [7, 11) is 2.19. The third-order valence-electron chi connectivity index (χ3n) is 3.67. The Morgan fingerprint density at radius 3 is 2.89 bits per heavy atom. The second kappa shape index (κ2) is 7.46. The van der Waals surface area contributed by atoms with Crippen molar-refractivity contribution in [3.8, 4) is 0 Å². The fourth-order valence-electron chi connectivity index (χ4n) is 2.58. The molecule has 1 aromatic heterocycles. The van der Waals surface area contributed by atoms with Crippen molar-refractivity contribution in [3.63, 3.8) is 0 Å². The van der Waals surface area contributed by atoms with E-state index in [0.717, 1.165) is 25.5 Å². The smallest absolute Gasteiger partial charge is 0.130 e. The summed E-state index contributed by atoms with van der Waals surface area (Å²) in [4.78, 5) is 9.36. The number of rotatable bonds is 7. The van der Waals surface area contributed by atoms with Crippen molar-refractivity contribution >= 4 is 5.82 Å². The first-order valence-corrected chi connectivity index (χ1v) is 7.38. The molecule has 0 radical (unpaired) electrons. The minimum atomic E-state index is 0.918. The van der Waals surface area contributed by atoms with Crippen LogP contribution in [0.4, 0.5) is 5.82 Å². The highest BCUT2D eigenvalue weighted by atomic mass is 15.2. The average molecular weight is 262 g/mol. The highest BCUT2D eigenvalue weighted by molar-refractivity contribution is 5.43. The Hall–Kier alpha value is -1.13. The fourth-order valence-corrected chi connectivity index (χ4v) is 2.58. The zero-order chi connectivity index (χ0) is 13.5. The molecule has 4 heteroatoms. The zero-order valence-corrected chi connectivity index (χ0v) is 12.2. The number of hydrogen-bond donors (Lipinski definition) is 1. The molecule has 1 fully saturated rings. The van der Waals surface area contributed by atoms with Crippen LogP contribution in [0.2, 0.25) is 0 Å². The maximum atomic E-state index is 4.41. The van der Waals surface area contributed by atoms with E-state index in [-0.39, 0.29) is 0 Å². The molecule has 0 saturated carbocycles. The minimum Gasteiger partial charge on any atom is -0.370 e. The quantitative estimate of drug-likeness (QED) is 0.815. The Bertz CT molecular complexity index is 374. The van der Waals surface area contributed by atoms with Crippen molar-refractivity contribution in [3.05, 3.63) is 23.9 Å².